The normalized spacial score (nSPS) is 18.0. The van der Waals surface area contributed by atoms with Crippen molar-refractivity contribution in [1.82, 2.24) is 5.06 Å². The fourth-order valence-corrected chi connectivity index (χ4v) is 3.18. The molecule has 0 bridgehead atoms. The molecule has 1 aliphatic heterocycles. The Kier molecular flexibility index (Phi) is 5.03. The van der Waals surface area contributed by atoms with Gasteiger partial charge in [0.2, 0.25) is 5.91 Å². The number of rotatable bonds is 6. The maximum atomic E-state index is 12.2. The maximum absolute atomic E-state index is 12.2. The summed E-state index contributed by atoms with van der Waals surface area (Å²) in [6, 6.07) is 6.17. The van der Waals surface area contributed by atoms with Crippen LogP contribution < -0.4 is 0 Å². The lowest BCUT2D eigenvalue weighted by Crippen LogP contribution is -2.53. The van der Waals surface area contributed by atoms with Gasteiger partial charge in [-0.25, -0.2) is 0 Å². The zero-order valence-corrected chi connectivity index (χ0v) is 13.9. The van der Waals surface area contributed by atoms with Crippen LogP contribution in [0, 0.1) is 6.92 Å². The van der Waals surface area contributed by atoms with Crippen molar-refractivity contribution in [2.24, 2.45) is 0 Å². The van der Waals surface area contributed by atoms with Crippen LogP contribution in [-0.4, -0.2) is 25.4 Å². The smallest absolute Gasteiger partial charge is 0.272 e. The van der Waals surface area contributed by atoms with E-state index in [0.29, 0.717) is 12.8 Å². The molecule has 22 heavy (non-hydrogen) atoms. The Morgan fingerprint density at radius 3 is 2.50 bits per heavy atom. The van der Waals surface area contributed by atoms with E-state index in [1.165, 1.54) is 17.7 Å². The highest BCUT2D eigenvalue weighted by Gasteiger charge is 2.40. The SMILES string of the molecule is CC(C)=CCCC1CC(=O)N1OS(=O)(=O)c1ccc(C)cc1. The van der Waals surface area contributed by atoms with E-state index < -0.39 is 10.1 Å². The molecule has 0 aromatic heterocycles. The number of allylic oxidation sites excluding steroid dienone is 2. The van der Waals surface area contributed by atoms with Gasteiger partial charge in [0.25, 0.3) is 0 Å². The van der Waals surface area contributed by atoms with Crippen LogP contribution in [0.5, 0.6) is 0 Å². The Bertz CT molecular complexity index is 673. The highest BCUT2D eigenvalue weighted by Crippen LogP contribution is 2.27. The second-order valence-corrected chi connectivity index (χ2v) is 7.31. The lowest BCUT2D eigenvalue weighted by atomic mass is 9.99. The molecular weight excluding hydrogens is 302 g/mol. The number of carbonyl (C=O) groups excluding carboxylic acids is 1. The molecule has 0 spiro atoms. The molecule has 5 nitrogen and oxygen atoms in total. The van der Waals surface area contributed by atoms with Crippen molar-refractivity contribution in [3.05, 3.63) is 41.5 Å². The van der Waals surface area contributed by atoms with Gasteiger partial charge in [0.1, 0.15) is 0 Å². The maximum Gasteiger partial charge on any atom is 0.317 e. The van der Waals surface area contributed by atoms with Crippen molar-refractivity contribution in [3.63, 3.8) is 0 Å². The molecule has 0 N–H and O–H groups in total. The molecule has 1 fully saturated rings. The molecule has 1 heterocycles. The third-order valence-electron chi connectivity index (χ3n) is 3.53. The van der Waals surface area contributed by atoms with Gasteiger partial charge in [-0.1, -0.05) is 29.3 Å². The molecule has 1 unspecified atom stereocenters. The Balaban J connectivity index is 2.03. The number of benzene rings is 1. The summed E-state index contributed by atoms with van der Waals surface area (Å²) in [5, 5.41) is 0.994. The standard InChI is InChI=1S/C16H21NO4S/c1-12(2)5-4-6-14-11-16(18)17(14)21-22(19,20)15-9-7-13(3)8-10-15/h5,7-10,14H,4,6,11H2,1-3H3. The molecule has 0 aliphatic carbocycles. The minimum atomic E-state index is -3.95. The number of hydrogen-bond donors (Lipinski definition) is 0. The number of β-lactam (4-membered cyclic amide) rings is 1. The molecule has 1 saturated heterocycles. The van der Waals surface area contributed by atoms with E-state index in [4.69, 9.17) is 4.28 Å². The van der Waals surface area contributed by atoms with Gasteiger partial charge in [0.05, 0.1) is 17.4 Å². The van der Waals surface area contributed by atoms with Crippen LogP contribution in [0.4, 0.5) is 0 Å². The number of hydroxylamine groups is 2. The van der Waals surface area contributed by atoms with Crippen LogP contribution in [0.15, 0.2) is 40.8 Å². The van der Waals surface area contributed by atoms with E-state index in [1.54, 1.807) is 12.1 Å². The summed E-state index contributed by atoms with van der Waals surface area (Å²) in [4.78, 5) is 11.7. The minimum Gasteiger partial charge on any atom is -0.272 e. The first-order valence-corrected chi connectivity index (χ1v) is 8.67. The molecule has 1 aliphatic rings. The molecule has 1 aromatic carbocycles. The fraction of sp³-hybridized carbons (Fsp3) is 0.438. The molecule has 6 heteroatoms. The lowest BCUT2D eigenvalue weighted by molar-refractivity contribution is -0.189. The first kappa shape index (κ1) is 16.7. The van der Waals surface area contributed by atoms with E-state index in [-0.39, 0.29) is 16.8 Å². The quantitative estimate of drug-likeness (QED) is 0.596. The average molecular weight is 323 g/mol. The summed E-state index contributed by atoms with van der Waals surface area (Å²) in [5.74, 6) is -0.294. The molecule has 1 amide bonds. The summed E-state index contributed by atoms with van der Waals surface area (Å²) in [6.07, 6.45) is 3.89. The number of hydrogen-bond acceptors (Lipinski definition) is 4. The lowest BCUT2D eigenvalue weighted by Gasteiger charge is -2.37. The van der Waals surface area contributed by atoms with Crippen molar-refractivity contribution < 1.29 is 17.5 Å². The summed E-state index contributed by atoms with van der Waals surface area (Å²) in [6.45, 7) is 5.87. The highest BCUT2D eigenvalue weighted by atomic mass is 32.2. The zero-order chi connectivity index (χ0) is 16.3. The number of nitrogens with zero attached hydrogens (tertiary/aromatic N) is 1. The van der Waals surface area contributed by atoms with Gasteiger partial charge in [0.15, 0.2) is 0 Å². The molecule has 1 atom stereocenters. The van der Waals surface area contributed by atoms with Crippen molar-refractivity contribution in [3.8, 4) is 0 Å². The Labute approximate surface area is 131 Å². The number of carbonyl (C=O) groups is 1. The summed E-state index contributed by atoms with van der Waals surface area (Å²) in [5.41, 5.74) is 2.16. The second-order valence-electron chi connectivity index (χ2n) is 5.78. The molecular formula is C16H21NO4S. The molecule has 1 aromatic rings. The van der Waals surface area contributed by atoms with Crippen LogP contribution in [-0.2, 0) is 19.2 Å². The fourth-order valence-electron chi connectivity index (χ4n) is 2.21. The van der Waals surface area contributed by atoms with E-state index in [2.05, 4.69) is 6.08 Å². The highest BCUT2D eigenvalue weighted by molar-refractivity contribution is 7.86. The third kappa shape index (κ3) is 3.96. The molecule has 2 rings (SSSR count). The van der Waals surface area contributed by atoms with Crippen LogP contribution in [0.2, 0.25) is 0 Å². The first-order chi connectivity index (χ1) is 10.3. The van der Waals surface area contributed by atoms with Crippen LogP contribution in [0.1, 0.15) is 38.7 Å². The van der Waals surface area contributed by atoms with Gasteiger partial charge >= 0.3 is 10.1 Å². The summed E-state index contributed by atoms with van der Waals surface area (Å²) < 4.78 is 29.4. The second kappa shape index (κ2) is 6.62. The zero-order valence-electron chi connectivity index (χ0n) is 13.1. The van der Waals surface area contributed by atoms with Crippen LogP contribution >= 0.6 is 0 Å². The predicted molar refractivity (Wildman–Crippen MR) is 83.4 cm³/mol. The van der Waals surface area contributed by atoms with E-state index in [0.717, 1.165) is 17.0 Å². The Hall–Kier alpha value is -1.66. The monoisotopic (exact) mass is 323 g/mol. The third-order valence-corrected chi connectivity index (χ3v) is 4.73. The van der Waals surface area contributed by atoms with Gasteiger partial charge in [-0.2, -0.15) is 13.5 Å². The van der Waals surface area contributed by atoms with Gasteiger partial charge in [-0.05, 0) is 45.7 Å². The van der Waals surface area contributed by atoms with Gasteiger partial charge in [-0.15, -0.1) is 4.28 Å². The Morgan fingerprint density at radius 1 is 1.32 bits per heavy atom. The number of aryl methyl sites for hydroxylation is 1. The molecule has 0 radical (unpaired) electrons. The summed E-state index contributed by atoms with van der Waals surface area (Å²) in [7, 11) is -3.95. The topological polar surface area (TPSA) is 63.7 Å². The van der Waals surface area contributed by atoms with E-state index in [9.17, 15) is 13.2 Å². The average Bonchev–Trinajstić information content (AvgIpc) is 2.44. The first-order valence-electron chi connectivity index (χ1n) is 7.26. The van der Waals surface area contributed by atoms with E-state index in [1.807, 2.05) is 20.8 Å². The van der Waals surface area contributed by atoms with Gasteiger partial charge < -0.3 is 0 Å². The van der Waals surface area contributed by atoms with Crippen molar-refractivity contribution in [1.29, 1.82) is 0 Å². The molecule has 120 valence electrons. The number of amides is 1. The van der Waals surface area contributed by atoms with Crippen LogP contribution in [0.3, 0.4) is 0 Å². The van der Waals surface area contributed by atoms with Crippen LogP contribution in [0.25, 0.3) is 0 Å². The van der Waals surface area contributed by atoms with Gasteiger partial charge in [0, 0.05) is 0 Å². The predicted octanol–water partition coefficient (Wildman–Crippen LogP) is 2.96. The summed E-state index contributed by atoms with van der Waals surface area (Å²) >= 11 is 0. The van der Waals surface area contributed by atoms with Crippen molar-refractivity contribution in [2.45, 2.75) is 51.0 Å². The minimum absolute atomic E-state index is 0.0563. The van der Waals surface area contributed by atoms with E-state index >= 15 is 0 Å². The molecule has 0 saturated carbocycles. The largest absolute Gasteiger partial charge is 0.317 e. The van der Waals surface area contributed by atoms with Crippen molar-refractivity contribution in [2.75, 3.05) is 0 Å². The Morgan fingerprint density at radius 2 is 1.95 bits per heavy atom. The van der Waals surface area contributed by atoms with Crippen molar-refractivity contribution >= 4 is 16.0 Å². The van der Waals surface area contributed by atoms with Gasteiger partial charge in [-0.3, -0.25) is 4.79 Å².